The first-order valence-electron chi connectivity index (χ1n) is 9.80. The lowest BCUT2D eigenvalue weighted by Crippen LogP contribution is -2.33. The highest BCUT2D eigenvalue weighted by Crippen LogP contribution is 2.40. The summed E-state index contributed by atoms with van der Waals surface area (Å²) in [5.41, 5.74) is 0. The molecule has 0 spiro atoms. The summed E-state index contributed by atoms with van der Waals surface area (Å²) in [5, 5.41) is 24.3. The minimum atomic E-state index is 0.472. The molecule has 1 aliphatic carbocycles. The molecule has 8 nitrogen and oxygen atoms in total. The predicted octanol–water partition coefficient (Wildman–Crippen LogP) is 2.66. The van der Waals surface area contributed by atoms with E-state index in [1.165, 1.54) is 18.7 Å². The maximum absolute atomic E-state index is 4.62. The molecule has 0 unspecified atom stereocenters. The predicted molar refractivity (Wildman–Crippen MR) is 103 cm³/mol. The van der Waals surface area contributed by atoms with Gasteiger partial charge in [0.05, 0.1) is 0 Å². The van der Waals surface area contributed by atoms with Crippen molar-refractivity contribution in [2.24, 2.45) is 0 Å². The first-order valence-corrected chi connectivity index (χ1v) is 10.6. The highest BCUT2D eigenvalue weighted by molar-refractivity contribution is 7.15. The number of rotatable bonds is 6. The molecule has 2 aliphatic rings. The summed E-state index contributed by atoms with van der Waals surface area (Å²) in [7, 11) is 0. The third-order valence-corrected chi connectivity index (χ3v) is 6.59. The summed E-state index contributed by atoms with van der Waals surface area (Å²) in [6.07, 6.45) is 9.41. The van der Waals surface area contributed by atoms with E-state index >= 15 is 0 Å². The molecule has 0 aromatic carbocycles. The molecule has 0 atom stereocenters. The Balaban J connectivity index is 1.31. The molecule has 5 rings (SSSR count). The van der Waals surface area contributed by atoms with Crippen molar-refractivity contribution in [2.45, 2.75) is 57.5 Å². The van der Waals surface area contributed by atoms with E-state index in [-0.39, 0.29) is 0 Å². The molecule has 27 heavy (non-hydrogen) atoms. The molecule has 142 valence electrons. The second-order valence-electron chi connectivity index (χ2n) is 7.37. The van der Waals surface area contributed by atoms with Crippen molar-refractivity contribution in [1.29, 1.82) is 0 Å². The van der Waals surface area contributed by atoms with Crippen molar-refractivity contribution in [3.05, 3.63) is 35.1 Å². The zero-order valence-corrected chi connectivity index (χ0v) is 16.3. The number of hydrogen-bond acceptors (Lipinski definition) is 7. The molecule has 0 radical (unpaired) electrons. The largest absolute Gasteiger partial charge is 0.347 e. The van der Waals surface area contributed by atoms with Crippen LogP contribution in [0, 0.1) is 0 Å². The fourth-order valence-corrected chi connectivity index (χ4v) is 4.67. The summed E-state index contributed by atoms with van der Waals surface area (Å²) in [4.78, 5) is 2.37. The topological polar surface area (TPSA) is 77.6 Å². The van der Waals surface area contributed by atoms with Gasteiger partial charge in [-0.25, -0.2) is 0 Å². The summed E-state index contributed by atoms with van der Waals surface area (Å²) < 4.78 is 4.33. The minimum absolute atomic E-state index is 0.472. The molecule has 9 heteroatoms. The maximum Gasteiger partial charge on any atom is 0.208 e. The van der Waals surface area contributed by atoms with E-state index in [1.54, 1.807) is 11.3 Å². The van der Waals surface area contributed by atoms with E-state index in [9.17, 15) is 0 Å². The van der Waals surface area contributed by atoms with Crippen LogP contribution >= 0.6 is 11.3 Å². The van der Waals surface area contributed by atoms with Crippen LogP contribution in [0.2, 0.25) is 0 Å². The summed E-state index contributed by atoms with van der Waals surface area (Å²) in [6.45, 7) is 4.84. The van der Waals surface area contributed by atoms with Gasteiger partial charge in [0, 0.05) is 37.4 Å². The second kappa shape index (κ2) is 7.03. The van der Waals surface area contributed by atoms with Gasteiger partial charge in [0.15, 0.2) is 5.82 Å². The second-order valence-corrected chi connectivity index (χ2v) is 8.41. The Hall–Kier alpha value is -2.29. The molecule has 1 saturated carbocycles. The van der Waals surface area contributed by atoms with Gasteiger partial charge in [-0.1, -0.05) is 18.3 Å². The number of aromatic nitrogens is 7. The van der Waals surface area contributed by atoms with E-state index in [4.69, 9.17) is 0 Å². The Kier molecular flexibility index (Phi) is 4.39. The van der Waals surface area contributed by atoms with Gasteiger partial charge in [0.1, 0.15) is 17.4 Å². The van der Waals surface area contributed by atoms with Crippen molar-refractivity contribution < 1.29 is 0 Å². The third-order valence-electron chi connectivity index (χ3n) is 5.46. The quantitative estimate of drug-likeness (QED) is 0.650. The number of hydrogen-bond donors (Lipinski definition) is 0. The van der Waals surface area contributed by atoms with Crippen molar-refractivity contribution in [1.82, 2.24) is 34.7 Å². The molecule has 2 fully saturated rings. The SMILES string of the molecule is CCc1nnc(N2CCC(c3nnc(Cn4cccn4)n3C3CC3)CC2)s1. The molecule has 4 heterocycles. The van der Waals surface area contributed by atoms with Gasteiger partial charge < -0.3 is 9.47 Å². The van der Waals surface area contributed by atoms with Crippen molar-refractivity contribution in [3.8, 4) is 0 Å². The Morgan fingerprint density at radius 3 is 2.59 bits per heavy atom. The van der Waals surface area contributed by atoms with Gasteiger partial charge in [-0.05, 0) is 38.2 Å². The molecule has 0 amide bonds. The normalized spacial score (nSPS) is 18.3. The van der Waals surface area contributed by atoms with Crippen molar-refractivity contribution in [3.63, 3.8) is 0 Å². The lowest BCUT2D eigenvalue weighted by molar-refractivity contribution is 0.459. The molecule has 0 N–H and O–H groups in total. The van der Waals surface area contributed by atoms with Crippen LogP contribution in [0.15, 0.2) is 18.5 Å². The number of aryl methyl sites for hydroxylation is 1. The summed E-state index contributed by atoms with van der Waals surface area (Å²) in [5.74, 6) is 2.68. The zero-order valence-electron chi connectivity index (χ0n) is 15.5. The van der Waals surface area contributed by atoms with Gasteiger partial charge in [0.25, 0.3) is 0 Å². The molecule has 3 aromatic heterocycles. The van der Waals surface area contributed by atoms with Gasteiger partial charge >= 0.3 is 0 Å². The fourth-order valence-electron chi connectivity index (χ4n) is 3.84. The van der Waals surface area contributed by atoms with E-state index in [0.717, 1.165) is 48.3 Å². The Morgan fingerprint density at radius 1 is 1.07 bits per heavy atom. The lowest BCUT2D eigenvalue weighted by Gasteiger charge is -2.31. The minimum Gasteiger partial charge on any atom is -0.347 e. The highest BCUT2D eigenvalue weighted by atomic mass is 32.1. The van der Waals surface area contributed by atoms with E-state index in [1.807, 2.05) is 23.1 Å². The van der Waals surface area contributed by atoms with Crippen LogP contribution < -0.4 is 4.90 Å². The van der Waals surface area contributed by atoms with Crippen LogP contribution in [-0.2, 0) is 13.0 Å². The molecular formula is C18H24N8S. The molecular weight excluding hydrogens is 360 g/mol. The van der Waals surface area contributed by atoms with Crippen molar-refractivity contribution >= 4 is 16.5 Å². The van der Waals surface area contributed by atoms with E-state index in [0.29, 0.717) is 18.5 Å². The molecule has 0 bridgehead atoms. The number of anilines is 1. The van der Waals surface area contributed by atoms with Gasteiger partial charge in [-0.15, -0.1) is 20.4 Å². The molecule has 1 saturated heterocycles. The van der Waals surface area contributed by atoms with E-state index in [2.05, 4.69) is 41.9 Å². The van der Waals surface area contributed by atoms with Crippen molar-refractivity contribution in [2.75, 3.05) is 18.0 Å². The Morgan fingerprint density at radius 2 is 1.93 bits per heavy atom. The van der Waals surface area contributed by atoms with Crippen LogP contribution in [0.1, 0.15) is 61.2 Å². The molecule has 3 aromatic rings. The summed E-state index contributed by atoms with van der Waals surface area (Å²) >= 11 is 1.72. The summed E-state index contributed by atoms with van der Waals surface area (Å²) in [6, 6.07) is 2.53. The number of nitrogens with zero attached hydrogens (tertiary/aromatic N) is 8. The highest BCUT2D eigenvalue weighted by Gasteiger charge is 2.34. The smallest absolute Gasteiger partial charge is 0.208 e. The van der Waals surface area contributed by atoms with Crippen LogP contribution in [-0.4, -0.2) is 47.8 Å². The van der Waals surface area contributed by atoms with Gasteiger partial charge in [-0.2, -0.15) is 5.10 Å². The number of piperidine rings is 1. The average Bonchev–Trinajstić information content (AvgIpc) is 3.12. The van der Waals surface area contributed by atoms with Gasteiger partial charge in [-0.3, -0.25) is 4.68 Å². The Bertz CT molecular complexity index is 887. The van der Waals surface area contributed by atoms with Crippen LogP contribution in [0.5, 0.6) is 0 Å². The average molecular weight is 385 g/mol. The van der Waals surface area contributed by atoms with Gasteiger partial charge in [0.2, 0.25) is 5.13 Å². The molecule has 1 aliphatic heterocycles. The van der Waals surface area contributed by atoms with Crippen LogP contribution in [0.3, 0.4) is 0 Å². The standard InChI is InChI=1S/C18H24N8S/c1-2-16-21-23-18(27-16)24-10-6-13(7-11-24)17-22-20-15(26(17)14-4-5-14)12-25-9-3-8-19-25/h3,8-9,13-14H,2,4-7,10-12H2,1H3. The first-order chi connectivity index (χ1) is 13.3. The Labute approximate surface area is 162 Å². The van der Waals surface area contributed by atoms with E-state index < -0.39 is 0 Å². The third kappa shape index (κ3) is 3.36. The monoisotopic (exact) mass is 384 g/mol. The first kappa shape index (κ1) is 16.9. The maximum atomic E-state index is 4.62. The van der Waals surface area contributed by atoms with Crippen LogP contribution in [0.4, 0.5) is 5.13 Å². The van der Waals surface area contributed by atoms with Crippen LogP contribution in [0.25, 0.3) is 0 Å². The lowest BCUT2D eigenvalue weighted by atomic mass is 9.96. The fraction of sp³-hybridized carbons (Fsp3) is 0.611. The zero-order chi connectivity index (χ0) is 18.2.